The largest absolute Gasteiger partial charge is 0.420 e. The molecule has 0 unspecified atom stereocenters. The Bertz CT molecular complexity index is 561. The van der Waals surface area contributed by atoms with Gasteiger partial charge in [-0.05, 0) is 31.0 Å². The van der Waals surface area contributed by atoms with E-state index in [1.807, 2.05) is 0 Å². The lowest BCUT2D eigenvalue weighted by Gasteiger charge is -2.02. The maximum atomic E-state index is 13.2. The molecule has 0 spiro atoms. The van der Waals surface area contributed by atoms with Crippen molar-refractivity contribution in [3.63, 3.8) is 0 Å². The molecule has 5 heteroatoms. The van der Waals surface area contributed by atoms with E-state index in [-0.39, 0.29) is 5.82 Å². The summed E-state index contributed by atoms with van der Waals surface area (Å²) in [4.78, 5) is 0. The zero-order valence-corrected chi connectivity index (χ0v) is 9.90. The average molecular weight is 247 g/mol. The first-order chi connectivity index (χ1) is 8.74. The number of benzene rings is 1. The number of hydrogen-bond acceptors (Lipinski definition) is 4. The summed E-state index contributed by atoms with van der Waals surface area (Å²) in [6, 6.07) is 4.14. The Hall–Kier alpha value is -1.91. The Morgan fingerprint density at radius 1 is 1.22 bits per heavy atom. The Labute approximate surface area is 104 Å². The summed E-state index contributed by atoms with van der Waals surface area (Å²) in [6.07, 6.45) is 4.56. The zero-order chi connectivity index (χ0) is 12.5. The van der Waals surface area contributed by atoms with E-state index in [2.05, 4.69) is 10.2 Å². The third-order valence-corrected chi connectivity index (χ3v) is 3.39. The maximum Gasteiger partial charge on any atom is 0.249 e. The van der Waals surface area contributed by atoms with Gasteiger partial charge in [-0.15, -0.1) is 10.2 Å². The third-order valence-electron chi connectivity index (χ3n) is 3.39. The summed E-state index contributed by atoms with van der Waals surface area (Å²) in [5.41, 5.74) is 6.70. The highest BCUT2D eigenvalue weighted by Crippen LogP contribution is 2.35. The molecule has 1 aromatic carbocycles. The summed E-state index contributed by atoms with van der Waals surface area (Å²) in [7, 11) is 0. The lowest BCUT2D eigenvalue weighted by atomic mass is 10.1. The van der Waals surface area contributed by atoms with Gasteiger partial charge in [-0.2, -0.15) is 0 Å². The topological polar surface area (TPSA) is 64.9 Å². The number of rotatable bonds is 2. The van der Waals surface area contributed by atoms with Crippen molar-refractivity contribution >= 4 is 5.69 Å². The molecule has 4 nitrogen and oxygen atoms in total. The van der Waals surface area contributed by atoms with Crippen molar-refractivity contribution in [2.75, 3.05) is 5.73 Å². The fourth-order valence-corrected chi connectivity index (χ4v) is 2.39. The van der Waals surface area contributed by atoms with E-state index >= 15 is 0 Å². The van der Waals surface area contributed by atoms with Crippen LogP contribution in [0.1, 0.15) is 37.5 Å². The fourth-order valence-electron chi connectivity index (χ4n) is 2.39. The molecule has 2 aromatic rings. The van der Waals surface area contributed by atoms with Crippen molar-refractivity contribution in [1.29, 1.82) is 0 Å². The van der Waals surface area contributed by atoms with Crippen molar-refractivity contribution in [1.82, 2.24) is 10.2 Å². The molecule has 0 saturated heterocycles. The monoisotopic (exact) mass is 247 g/mol. The first kappa shape index (κ1) is 11.2. The van der Waals surface area contributed by atoms with Crippen molar-refractivity contribution < 1.29 is 8.81 Å². The fraction of sp³-hybridized carbons (Fsp3) is 0.385. The van der Waals surface area contributed by atoms with E-state index in [0.717, 1.165) is 12.8 Å². The zero-order valence-electron chi connectivity index (χ0n) is 9.90. The predicted molar refractivity (Wildman–Crippen MR) is 65.3 cm³/mol. The molecule has 3 rings (SSSR count). The minimum absolute atomic E-state index is 0.300. The first-order valence-corrected chi connectivity index (χ1v) is 6.13. The summed E-state index contributed by atoms with van der Waals surface area (Å²) in [5, 5.41) is 8.02. The Kier molecular flexibility index (Phi) is 2.74. The molecule has 0 amide bonds. The van der Waals surface area contributed by atoms with E-state index in [4.69, 9.17) is 10.2 Å². The third kappa shape index (κ3) is 1.96. The Balaban J connectivity index is 1.94. The van der Waals surface area contributed by atoms with Gasteiger partial charge in [-0.1, -0.05) is 12.8 Å². The van der Waals surface area contributed by atoms with E-state index in [1.54, 1.807) is 0 Å². The second-order valence-corrected chi connectivity index (χ2v) is 4.66. The lowest BCUT2D eigenvalue weighted by Crippen LogP contribution is -1.91. The molecular weight excluding hydrogens is 233 g/mol. The van der Waals surface area contributed by atoms with Crippen molar-refractivity contribution in [3.05, 3.63) is 29.9 Å². The minimum atomic E-state index is -0.361. The van der Waals surface area contributed by atoms with E-state index in [0.29, 0.717) is 29.0 Å². The molecule has 2 N–H and O–H groups in total. The van der Waals surface area contributed by atoms with Crippen LogP contribution < -0.4 is 5.73 Å². The molecular formula is C13H14FN3O. The van der Waals surface area contributed by atoms with E-state index < -0.39 is 0 Å². The van der Waals surface area contributed by atoms with Crippen molar-refractivity contribution in [2.24, 2.45) is 0 Å². The van der Waals surface area contributed by atoms with E-state index in [9.17, 15) is 4.39 Å². The van der Waals surface area contributed by atoms with Gasteiger partial charge in [0.2, 0.25) is 11.8 Å². The van der Waals surface area contributed by atoms with Crippen LogP contribution in [-0.4, -0.2) is 10.2 Å². The number of nitrogens with zero attached hydrogens (tertiary/aromatic N) is 2. The lowest BCUT2D eigenvalue weighted by molar-refractivity contribution is 0.457. The van der Waals surface area contributed by atoms with Crippen molar-refractivity contribution in [2.45, 2.75) is 31.6 Å². The van der Waals surface area contributed by atoms with Crippen LogP contribution in [0.5, 0.6) is 0 Å². The molecule has 1 fully saturated rings. The summed E-state index contributed by atoms with van der Waals surface area (Å²) in [5.74, 6) is 0.931. The second kappa shape index (κ2) is 4.40. The smallest absolute Gasteiger partial charge is 0.249 e. The van der Waals surface area contributed by atoms with Gasteiger partial charge >= 0.3 is 0 Å². The molecule has 1 aliphatic rings. The molecule has 18 heavy (non-hydrogen) atoms. The first-order valence-electron chi connectivity index (χ1n) is 6.13. The van der Waals surface area contributed by atoms with Crippen molar-refractivity contribution in [3.8, 4) is 11.5 Å². The number of nitrogens with two attached hydrogens (primary N) is 1. The highest BCUT2D eigenvalue weighted by Gasteiger charge is 2.23. The van der Waals surface area contributed by atoms with Crippen LogP contribution in [-0.2, 0) is 0 Å². The number of nitrogen functional groups attached to an aromatic ring is 1. The predicted octanol–water partition coefficient (Wildman–Crippen LogP) is 3.12. The van der Waals surface area contributed by atoms with E-state index in [1.165, 1.54) is 31.0 Å². The van der Waals surface area contributed by atoms with Crippen LogP contribution in [0.2, 0.25) is 0 Å². The average Bonchev–Trinajstić information content (AvgIpc) is 3.00. The SMILES string of the molecule is Nc1ccc(F)cc1-c1nnc(C2CCCC2)o1. The van der Waals surface area contributed by atoms with Gasteiger partial charge < -0.3 is 10.2 Å². The van der Waals surface area contributed by atoms with Gasteiger partial charge in [-0.25, -0.2) is 4.39 Å². The summed E-state index contributed by atoms with van der Waals surface area (Å²) in [6.45, 7) is 0. The number of aromatic nitrogens is 2. The molecule has 0 aliphatic heterocycles. The highest BCUT2D eigenvalue weighted by atomic mass is 19.1. The van der Waals surface area contributed by atoms with Crippen LogP contribution in [0.15, 0.2) is 22.6 Å². The molecule has 94 valence electrons. The van der Waals surface area contributed by atoms with Gasteiger partial charge in [-0.3, -0.25) is 0 Å². The normalized spacial score (nSPS) is 16.3. The summed E-state index contributed by atoms with van der Waals surface area (Å²) >= 11 is 0. The molecule has 1 aliphatic carbocycles. The molecule has 0 bridgehead atoms. The Morgan fingerprint density at radius 3 is 2.78 bits per heavy atom. The Morgan fingerprint density at radius 2 is 2.00 bits per heavy atom. The standard InChI is InChI=1S/C13H14FN3O/c14-9-5-6-11(15)10(7-9)13-17-16-12(18-13)8-3-1-2-4-8/h5-8H,1-4,15H2. The van der Waals surface area contributed by atoms with Gasteiger partial charge in [0.15, 0.2) is 0 Å². The molecule has 1 heterocycles. The van der Waals surface area contributed by atoms with Crippen LogP contribution in [0.3, 0.4) is 0 Å². The van der Waals surface area contributed by atoms with Crippen LogP contribution >= 0.6 is 0 Å². The summed E-state index contributed by atoms with van der Waals surface area (Å²) < 4.78 is 18.8. The van der Waals surface area contributed by atoms with Gasteiger partial charge in [0.1, 0.15) is 5.82 Å². The molecule has 1 aromatic heterocycles. The van der Waals surface area contributed by atoms with Gasteiger partial charge in [0.05, 0.1) is 5.56 Å². The quantitative estimate of drug-likeness (QED) is 0.828. The second-order valence-electron chi connectivity index (χ2n) is 4.66. The van der Waals surface area contributed by atoms with Crippen LogP contribution in [0.25, 0.3) is 11.5 Å². The van der Waals surface area contributed by atoms with Crippen LogP contribution in [0.4, 0.5) is 10.1 Å². The highest BCUT2D eigenvalue weighted by molar-refractivity contribution is 5.70. The van der Waals surface area contributed by atoms with Gasteiger partial charge in [0.25, 0.3) is 0 Å². The molecule has 0 atom stereocenters. The minimum Gasteiger partial charge on any atom is -0.420 e. The maximum absolute atomic E-state index is 13.2. The molecule has 0 radical (unpaired) electrons. The number of anilines is 1. The molecule has 1 saturated carbocycles. The number of hydrogen-bond donors (Lipinski definition) is 1. The van der Waals surface area contributed by atoms with Crippen LogP contribution in [0, 0.1) is 5.82 Å². The number of halogens is 1. The van der Waals surface area contributed by atoms with Gasteiger partial charge in [0, 0.05) is 11.6 Å².